The maximum atomic E-state index is 14.2. The monoisotopic (exact) mass is 725 g/mol. The number of carboxylic acid groups (broad SMARTS) is 1. The van der Waals surface area contributed by atoms with Crippen molar-refractivity contribution in [3.8, 4) is 0 Å². The number of carbonyl (C=O) groups excluding carboxylic acids is 2. The van der Waals surface area contributed by atoms with Crippen LogP contribution in [0.25, 0.3) is 0 Å². The number of ether oxygens (including phenoxy) is 2. The summed E-state index contributed by atoms with van der Waals surface area (Å²) in [5.74, 6) is 1.64. The Morgan fingerprint density at radius 2 is 1.54 bits per heavy atom. The molecule has 0 bridgehead atoms. The van der Waals surface area contributed by atoms with Gasteiger partial charge in [0.2, 0.25) is 5.91 Å². The lowest BCUT2D eigenvalue weighted by Gasteiger charge is -2.73. The molecule has 0 radical (unpaired) electrons. The summed E-state index contributed by atoms with van der Waals surface area (Å²) in [6, 6.07) is 0. The minimum Gasteiger partial charge on any atom is -0.481 e. The third-order valence-electron chi connectivity index (χ3n) is 17.5. The number of hydrogen-bond acceptors (Lipinski definition) is 6. The summed E-state index contributed by atoms with van der Waals surface area (Å²) in [6.45, 7) is 27.7. The van der Waals surface area contributed by atoms with E-state index in [9.17, 15) is 19.5 Å². The van der Waals surface area contributed by atoms with Crippen molar-refractivity contribution in [1.82, 2.24) is 9.80 Å². The zero-order valence-electron chi connectivity index (χ0n) is 34.3. The second kappa shape index (κ2) is 14.0. The molecule has 1 saturated heterocycles. The van der Waals surface area contributed by atoms with Crippen LogP contribution in [0, 0.1) is 62.1 Å². The van der Waals surface area contributed by atoms with Crippen LogP contribution in [0.3, 0.4) is 0 Å². The Balaban J connectivity index is 1.21. The molecule has 1 amide bonds. The Bertz CT molecular complexity index is 1400. The molecular formula is C44H72N2O6. The van der Waals surface area contributed by atoms with Crippen molar-refractivity contribution in [1.29, 1.82) is 0 Å². The van der Waals surface area contributed by atoms with Crippen LogP contribution in [0.2, 0.25) is 0 Å². The van der Waals surface area contributed by atoms with E-state index in [0.29, 0.717) is 41.9 Å². The zero-order valence-corrected chi connectivity index (χ0v) is 34.3. The van der Waals surface area contributed by atoms with Gasteiger partial charge >= 0.3 is 11.9 Å². The summed E-state index contributed by atoms with van der Waals surface area (Å²) in [6.07, 6.45) is 11.7. The highest BCUT2D eigenvalue weighted by Crippen LogP contribution is 2.78. The van der Waals surface area contributed by atoms with E-state index in [-0.39, 0.29) is 45.6 Å². The Morgan fingerprint density at radius 3 is 2.17 bits per heavy atom. The molecule has 0 aromatic heterocycles. The zero-order chi connectivity index (χ0) is 38.1. The molecule has 6 rings (SSSR count). The van der Waals surface area contributed by atoms with Crippen LogP contribution < -0.4 is 0 Å². The first-order chi connectivity index (χ1) is 24.3. The lowest BCUT2D eigenvalue weighted by molar-refractivity contribution is -0.250. The fraction of sp³-hybridized carbons (Fsp3) is 0.886. The molecule has 1 aliphatic heterocycles. The molecule has 1 N–H and O–H groups in total. The van der Waals surface area contributed by atoms with Gasteiger partial charge in [0.15, 0.2) is 0 Å². The molecule has 8 nitrogen and oxygen atoms in total. The lowest BCUT2D eigenvalue weighted by Crippen LogP contribution is -2.67. The van der Waals surface area contributed by atoms with E-state index < -0.39 is 11.4 Å². The first-order valence-corrected chi connectivity index (χ1v) is 20.8. The molecule has 0 unspecified atom stereocenters. The summed E-state index contributed by atoms with van der Waals surface area (Å²) >= 11 is 0. The Labute approximate surface area is 315 Å². The van der Waals surface area contributed by atoms with Gasteiger partial charge in [-0.1, -0.05) is 46.8 Å². The van der Waals surface area contributed by atoms with Gasteiger partial charge in [-0.2, -0.15) is 0 Å². The summed E-state index contributed by atoms with van der Waals surface area (Å²) < 4.78 is 11.5. The van der Waals surface area contributed by atoms with Crippen molar-refractivity contribution < 1.29 is 29.0 Å². The van der Waals surface area contributed by atoms with Crippen molar-refractivity contribution in [2.24, 2.45) is 62.1 Å². The van der Waals surface area contributed by atoms with E-state index in [2.05, 4.69) is 57.9 Å². The lowest BCUT2D eigenvalue weighted by atomic mass is 9.32. The highest BCUT2D eigenvalue weighted by molar-refractivity contribution is 5.81. The highest BCUT2D eigenvalue weighted by Gasteiger charge is 2.71. The van der Waals surface area contributed by atoms with Gasteiger partial charge in [-0.3, -0.25) is 19.3 Å². The topological polar surface area (TPSA) is 96.4 Å². The van der Waals surface area contributed by atoms with E-state index >= 15 is 0 Å². The number of amides is 1. The van der Waals surface area contributed by atoms with Gasteiger partial charge in [0, 0.05) is 51.7 Å². The highest BCUT2D eigenvalue weighted by atomic mass is 16.5. The maximum absolute atomic E-state index is 14.2. The number of allylic oxidation sites excluding steroid dienone is 1. The minimum atomic E-state index is -1.14. The quantitative estimate of drug-likeness (QED) is 0.179. The largest absolute Gasteiger partial charge is 0.481 e. The average molecular weight is 725 g/mol. The smallest absolute Gasteiger partial charge is 0.309 e. The molecule has 10 atom stereocenters. The van der Waals surface area contributed by atoms with Crippen LogP contribution in [0.4, 0.5) is 0 Å². The first kappa shape index (κ1) is 39.8. The van der Waals surface area contributed by atoms with Crippen LogP contribution >= 0.6 is 0 Å². The maximum Gasteiger partial charge on any atom is 0.309 e. The van der Waals surface area contributed by atoms with Gasteiger partial charge in [0.1, 0.15) is 6.10 Å². The van der Waals surface area contributed by atoms with Crippen LogP contribution in [0.1, 0.15) is 132 Å². The standard InChI is InChI=1S/C44H72N2O6/c1-29(2)30-13-18-44(27-35(47)46-23-21-45(22-24-46)25-26-51-10)20-19-42(8)31(37(30)44)11-12-33-41(7)16-15-34(52-36(48)28-39(3,4)38(49)50)40(5,6)32(41)14-17-43(33,42)9/h30-34,37H,1,11-28H2,2-10H3,(H,49,50)/t30-,31+,32-,33+,34-,37+,41-,42+,43+,44+/m0/s1. The van der Waals surface area contributed by atoms with E-state index in [1.165, 1.54) is 37.7 Å². The molecule has 294 valence electrons. The van der Waals surface area contributed by atoms with Crippen LogP contribution in [-0.2, 0) is 23.9 Å². The third-order valence-corrected chi connectivity index (χ3v) is 17.5. The van der Waals surface area contributed by atoms with Gasteiger partial charge in [-0.15, -0.1) is 0 Å². The van der Waals surface area contributed by atoms with Crippen LogP contribution in [-0.4, -0.2) is 85.3 Å². The number of aliphatic carboxylic acids is 1. The van der Waals surface area contributed by atoms with Crippen molar-refractivity contribution in [3.05, 3.63) is 12.2 Å². The molecule has 1 heterocycles. The normalized spacial score (nSPS) is 41.6. The predicted molar refractivity (Wildman–Crippen MR) is 204 cm³/mol. The number of carboxylic acids is 1. The fourth-order valence-electron chi connectivity index (χ4n) is 14.3. The molecule has 0 aromatic rings. The minimum absolute atomic E-state index is 0.0709. The van der Waals surface area contributed by atoms with Crippen LogP contribution in [0.15, 0.2) is 12.2 Å². The average Bonchev–Trinajstić information content (AvgIpc) is 3.45. The second-order valence-electron chi connectivity index (χ2n) is 20.6. The summed E-state index contributed by atoms with van der Waals surface area (Å²) in [4.78, 5) is 43.6. The number of piperazine rings is 1. The number of rotatable bonds is 10. The number of carbonyl (C=O) groups is 3. The SMILES string of the molecule is C=C(C)[C@@H]1CC[C@]2(CC(=O)N3CCN(CCOC)CC3)CC[C@]3(C)[C@H](CC[C@@H]4[C@@]5(C)CC[C@H](OC(=O)CC(C)(C)C(=O)O)C(C)(C)[C@@H]5CC[C@]43C)[C@@H]12. The van der Waals surface area contributed by atoms with Crippen LogP contribution in [0.5, 0.6) is 0 Å². The Morgan fingerprint density at radius 1 is 0.846 bits per heavy atom. The number of methoxy groups -OCH3 is 1. The van der Waals surface area contributed by atoms with E-state index in [0.717, 1.165) is 71.4 Å². The molecule has 5 saturated carbocycles. The number of fused-ring (bicyclic) bond motifs is 7. The van der Waals surface area contributed by atoms with Crippen molar-refractivity contribution in [2.75, 3.05) is 46.4 Å². The fourth-order valence-corrected chi connectivity index (χ4v) is 14.3. The molecule has 6 fully saturated rings. The molecule has 52 heavy (non-hydrogen) atoms. The molecule has 8 heteroatoms. The number of nitrogens with zero attached hydrogens (tertiary/aromatic N) is 2. The van der Waals surface area contributed by atoms with Gasteiger partial charge in [-0.05, 0) is 136 Å². The molecular weight excluding hydrogens is 652 g/mol. The number of esters is 1. The summed E-state index contributed by atoms with van der Waals surface area (Å²) in [7, 11) is 1.75. The predicted octanol–water partition coefficient (Wildman–Crippen LogP) is 8.24. The van der Waals surface area contributed by atoms with Crippen molar-refractivity contribution in [3.63, 3.8) is 0 Å². The van der Waals surface area contributed by atoms with E-state index in [1.807, 2.05) is 0 Å². The molecule has 5 aliphatic carbocycles. The Hall–Kier alpha value is -1.93. The molecule has 6 aliphatic rings. The molecule has 0 spiro atoms. The van der Waals surface area contributed by atoms with Gasteiger partial charge < -0.3 is 19.5 Å². The van der Waals surface area contributed by atoms with E-state index in [1.54, 1.807) is 21.0 Å². The Kier molecular flexibility index (Phi) is 10.7. The van der Waals surface area contributed by atoms with Gasteiger partial charge in [-0.25, -0.2) is 0 Å². The van der Waals surface area contributed by atoms with Crippen molar-refractivity contribution in [2.45, 2.75) is 139 Å². The number of hydrogen-bond donors (Lipinski definition) is 1. The molecule has 0 aromatic carbocycles. The van der Waals surface area contributed by atoms with Gasteiger partial charge in [0.25, 0.3) is 0 Å². The first-order valence-electron chi connectivity index (χ1n) is 20.8. The van der Waals surface area contributed by atoms with Crippen molar-refractivity contribution >= 4 is 17.8 Å². The van der Waals surface area contributed by atoms with Gasteiger partial charge in [0.05, 0.1) is 18.4 Å². The summed E-state index contributed by atoms with van der Waals surface area (Å²) in [5, 5.41) is 9.62. The third kappa shape index (κ3) is 6.39. The second-order valence-corrected chi connectivity index (χ2v) is 20.6. The summed E-state index contributed by atoms with van der Waals surface area (Å²) in [5.41, 5.74) is 0.598. The van der Waals surface area contributed by atoms with E-state index in [4.69, 9.17) is 9.47 Å².